The third-order valence-electron chi connectivity index (χ3n) is 2.96. The van der Waals surface area contributed by atoms with Crippen molar-refractivity contribution in [1.29, 1.82) is 0 Å². The first-order valence-corrected chi connectivity index (χ1v) is 7.31. The van der Waals surface area contributed by atoms with Gasteiger partial charge in [-0.1, -0.05) is 0 Å². The molecule has 118 valence electrons. The molecule has 0 saturated carbocycles. The molecule has 0 spiro atoms. The number of halogens is 1. The molecule has 1 aromatic heterocycles. The number of carboxylic acid groups (broad SMARTS) is 3. The number of aryl methyl sites for hydroxylation is 2. The van der Waals surface area contributed by atoms with Gasteiger partial charge in [0, 0.05) is 19.3 Å². The summed E-state index contributed by atoms with van der Waals surface area (Å²) in [5, 5.41) is 27.1. The van der Waals surface area contributed by atoms with Crippen LogP contribution in [0.1, 0.15) is 35.7 Å². The van der Waals surface area contributed by atoms with E-state index in [4.69, 9.17) is 15.3 Å². The number of carbonyl (C=O) groups is 3. The summed E-state index contributed by atoms with van der Waals surface area (Å²) in [6.45, 7) is 0. The van der Waals surface area contributed by atoms with Crippen molar-refractivity contribution in [2.45, 2.75) is 38.5 Å². The Hall–Kier alpha value is -1.52. The van der Waals surface area contributed by atoms with Gasteiger partial charge in [-0.15, -0.1) is 20.6 Å². The summed E-state index contributed by atoms with van der Waals surface area (Å²) in [6.07, 6.45) is 1.09. The van der Waals surface area contributed by atoms with Crippen molar-refractivity contribution in [1.82, 2.24) is 0 Å². The molecule has 3 N–H and O–H groups in total. The van der Waals surface area contributed by atoms with Gasteiger partial charge in [0.05, 0.1) is 0 Å². The fraction of sp³-hybridized carbons (Fsp3) is 0.462. The van der Waals surface area contributed by atoms with Crippen LogP contribution in [0.5, 0.6) is 0 Å². The lowest BCUT2D eigenvalue weighted by Crippen LogP contribution is -2.04. The molecule has 1 unspecified atom stereocenters. The van der Waals surface area contributed by atoms with Crippen LogP contribution in [0.15, 0.2) is 5.80 Å². The Balaban J connectivity index is 0.00000400. The van der Waals surface area contributed by atoms with Crippen molar-refractivity contribution < 1.29 is 29.7 Å². The molecular weight excluding hydrogens is 319 g/mol. The van der Waals surface area contributed by atoms with Gasteiger partial charge in [0.25, 0.3) is 0 Å². The predicted molar refractivity (Wildman–Crippen MR) is 81.1 cm³/mol. The van der Waals surface area contributed by atoms with Crippen LogP contribution in [-0.2, 0) is 33.6 Å². The van der Waals surface area contributed by atoms with Gasteiger partial charge in [-0.05, 0) is 41.5 Å². The van der Waals surface area contributed by atoms with E-state index in [-0.39, 0.29) is 31.7 Å². The van der Waals surface area contributed by atoms with Crippen LogP contribution >= 0.6 is 20.6 Å². The van der Waals surface area contributed by atoms with E-state index in [2.05, 4.69) is 0 Å². The highest BCUT2D eigenvalue weighted by molar-refractivity contribution is 7.30. The van der Waals surface area contributed by atoms with Crippen LogP contribution in [0.25, 0.3) is 0 Å². The van der Waals surface area contributed by atoms with Gasteiger partial charge < -0.3 is 15.3 Å². The van der Waals surface area contributed by atoms with Crippen LogP contribution in [-0.4, -0.2) is 33.2 Å². The van der Waals surface area contributed by atoms with E-state index < -0.39 is 17.9 Å². The molecule has 0 amide bonds. The summed E-state index contributed by atoms with van der Waals surface area (Å²) in [7, 11) is 0.335. The molecule has 0 aliphatic heterocycles. The smallest absolute Gasteiger partial charge is 0.303 e. The number of hydrogen-bond donors (Lipinski definition) is 3. The average Bonchev–Trinajstić information content (AvgIpc) is 2.73. The van der Waals surface area contributed by atoms with E-state index in [0.717, 1.165) is 16.4 Å². The molecule has 0 aromatic carbocycles. The van der Waals surface area contributed by atoms with E-state index >= 15 is 0 Å². The molecule has 0 aliphatic rings. The average molecular weight is 337 g/mol. The van der Waals surface area contributed by atoms with E-state index in [9.17, 15) is 14.4 Å². The summed E-state index contributed by atoms with van der Waals surface area (Å²) < 4.78 is 0. The highest BCUT2D eigenvalue weighted by Crippen LogP contribution is 2.30. The van der Waals surface area contributed by atoms with Crippen molar-refractivity contribution in [2.75, 3.05) is 0 Å². The van der Waals surface area contributed by atoms with Gasteiger partial charge in [-0.2, -0.15) is 0 Å². The summed E-state index contributed by atoms with van der Waals surface area (Å²) >= 11 is 0. The molecule has 1 heterocycles. The van der Waals surface area contributed by atoms with Crippen LogP contribution in [0.4, 0.5) is 0 Å². The number of aliphatic carboxylic acids is 3. The second-order valence-corrected chi connectivity index (χ2v) is 5.63. The van der Waals surface area contributed by atoms with Crippen LogP contribution in [0.3, 0.4) is 0 Å². The summed E-state index contributed by atoms with van der Waals surface area (Å²) in [4.78, 5) is 31.9. The molecule has 0 bridgehead atoms. The molecule has 0 saturated heterocycles. The second kappa shape index (κ2) is 9.42. The van der Waals surface area contributed by atoms with Gasteiger partial charge >= 0.3 is 17.9 Å². The third kappa shape index (κ3) is 7.16. The molecule has 6 nitrogen and oxygen atoms in total. The molecule has 1 aromatic rings. The van der Waals surface area contributed by atoms with Crippen molar-refractivity contribution in [3.63, 3.8) is 0 Å². The molecule has 8 heteroatoms. The fourth-order valence-electron chi connectivity index (χ4n) is 2.01. The van der Waals surface area contributed by atoms with E-state index in [1.54, 1.807) is 0 Å². The maximum atomic E-state index is 10.7. The minimum atomic E-state index is -0.914. The Morgan fingerprint density at radius 2 is 1.33 bits per heavy atom. The van der Waals surface area contributed by atoms with Crippen LogP contribution < -0.4 is 0 Å². The lowest BCUT2D eigenvalue weighted by molar-refractivity contribution is -0.138. The lowest BCUT2D eigenvalue weighted by atomic mass is 10.00. The summed E-state index contributed by atoms with van der Waals surface area (Å²) in [5.41, 5.74) is 1.72. The Bertz CT molecular complexity index is 475. The summed E-state index contributed by atoms with van der Waals surface area (Å²) in [5.74, 6) is -0.787. The fourth-order valence-corrected chi connectivity index (χ4v) is 3.40. The van der Waals surface area contributed by atoms with Crippen molar-refractivity contribution in [2.24, 2.45) is 0 Å². The molecule has 1 rings (SSSR count). The third-order valence-corrected chi connectivity index (χ3v) is 4.35. The quantitative estimate of drug-likeness (QED) is 0.637. The molecule has 0 radical (unpaired) electrons. The Morgan fingerprint density at radius 1 is 0.857 bits per heavy atom. The van der Waals surface area contributed by atoms with Crippen LogP contribution in [0, 0.1) is 0 Å². The van der Waals surface area contributed by atoms with E-state index in [1.807, 2.05) is 5.80 Å². The second-order valence-electron chi connectivity index (χ2n) is 4.45. The van der Waals surface area contributed by atoms with Crippen molar-refractivity contribution in [3.05, 3.63) is 22.2 Å². The first-order valence-electron chi connectivity index (χ1n) is 6.23. The SMILES string of the molecule is Cl.O=C(O)CCc1c[pH]c(CCC(=O)O)c1CCC(=O)O. The van der Waals surface area contributed by atoms with Gasteiger partial charge in [0.1, 0.15) is 0 Å². The first kappa shape index (κ1) is 19.5. The standard InChI is InChI=1S/C13H17O6P.ClH/c14-11(15)4-1-8-7-20-10(3-6-13(18)19)9(8)2-5-12(16)17;/h7,20H,1-6H2,(H,14,15)(H,16,17)(H,18,19);1H. The van der Waals surface area contributed by atoms with Gasteiger partial charge in [-0.3, -0.25) is 14.4 Å². The monoisotopic (exact) mass is 336 g/mol. The lowest BCUT2D eigenvalue weighted by Gasteiger charge is -2.06. The van der Waals surface area contributed by atoms with E-state index in [1.165, 1.54) is 0 Å². The molecule has 0 fully saturated rings. The zero-order valence-electron chi connectivity index (χ0n) is 11.3. The van der Waals surface area contributed by atoms with Gasteiger partial charge in [-0.25, -0.2) is 0 Å². The zero-order chi connectivity index (χ0) is 15.1. The highest BCUT2D eigenvalue weighted by atomic mass is 35.5. The molecule has 1 atom stereocenters. The Kier molecular flexibility index (Phi) is 8.74. The highest BCUT2D eigenvalue weighted by Gasteiger charge is 2.14. The number of hydrogen-bond acceptors (Lipinski definition) is 3. The minimum absolute atomic E-state index is 0. The number of carboxylic acids is 3. The van der Waals surface area contributed by atoms with Crippen LogP contribution in [0.2, 0.25) is 0 Å². The zero-order valence-corrected chi connectivity index (χ0v) is 13.1. The first-order chi connectivity index (χ1) is 9.40. The predicted octanol–water partition coefficient (Wildman–Crippen LogP) is 2.19. The normalized spacial score (nSPS) is 10.3. The van der Waals surface area contributed by atoms with Crippen molar-refractivity contribution >= 4 is 38.5 Å². The van der Waals surface area contributed by atoms with Crippen molar-refractivity contribution in [3.8, 4) is 0 Å². The molecule has 21 heavy (non-hydrogen) atoms. The summed E-state index contributed by atoms with van der Waals surface area (Å²) in [6, 6.07) is 0. The molecular formula is C13H18ClO6P. The maximum Gasteiger partial charge on any atom is 0.303 e. The Morgan fingerprint density at radius 3 is 1.86 bits per heavy atom. The number of rotatable bonds is 9. The van der Waals surface area contributed by atoms with Gasteiger partial charge in [0.2, 0.25) is 0 Å². The van der Waals surface area contributed by atoms with Gasteiger partial charge in [0.15, 0.2) is 0 Å². The molecule has 0 aliphatic carbocycles. The Labute approximate surface area is 129 Å². The largest absolute Gasteiger partial charge is 0.481 e. The minimum Gasteiger partial charge on any atom is -0.481 e. The maximum absolute atomic E-state index is 10.7. The topological polar surface area (TPSA) is 112 Å². The van der Waals surface area contributed by atoms with E-state index in [0.29, 0.717) is 27.5 Å².